The number of aromatic nitrogens is 1. The molecule has 1 rings (SSSR count). The first kappa shape index (κ1) is 14.0. The third-order valence-corrected chi connectivity index (χ3v) is 2.43. The van der Waals surface area contributed by atoms with Gasteiger partial charge in [-0.05, 0) is 59.7 Å². The molecule has 0 radical (unpaired) electrons. The van der Waals surface area contributed by atoms with Crippen LogP contribution in [-0.4, -0.2) is 23.2 Å². The smallest absolute Gasteiger partial charge is 0.138 e. The molecule has 1 atom stereocenters. The lowest BCUT2D eigenvalue weighted by Gasteiger charge is -2.22. The normalized spacial score (nSPS) is 13.5. The van der Waals surface area contributed by atoms with E-state index >= 15 is 0 Å². The third-order valence-electron chi connectivity index (χ3n) is 2.43. The molecule has 1 heterocycles. The quantitative estimate of drug-likeness (QED) is 0.853. The minimum absolute atomic E-state index is 0.172. The summed E-state index contributed by atoms with van der Waals surface area (Å²) in [5, 5.41) is 3.45. The van der Waals surface area contributed by atoms with E-state index in [4.69, 9.17) is 4.74 Å². The standard InChI is InChI=1S/C14H24N2O/c1-11-6-7-13(10-15-11)17-12(2)8-9-16-14(3,4)5/h6-7,10,12,16H,8-9H2,1-5H3. The topological polar surface area (TPSA) is 34.1 Å². The Hall–Kier alpha value is -1.09. The van der Waals surface area contributed by atoms with E-state index in [0.29, 0.717) is 0 Å². The minimum atomic E-state index is 0.172. The number of nitrogens with one attached hydrogen (secondary N) is 1. The van der Waals surface area contributed by atoms with E-state index in [1.165, 1.54) is 0 Å². The van der Waals surface area contributed by atoms with Gasteiger partial charge in [0.2, 0.25) is 0 Å². The van der Waals surface area contributed by atoms with Crippen molar-refractivity contribution in [3.63, 3.8) is 0 Å². The molecule has 0 aliphatic carbocycles. The van der Waals surface area contributed by atoms with Crippen LogP contribution >= 0.6 is 0 Å². The fourth-order valence-corrected chi connectivity index (χ4v) is 1.47. The summed E-state index contributed by atoms with van der Waals surface area (Å²) in [5.41, 5.74) is 1.19. The van der Waals surface area contributed by atoms with Crippen LogP contribution in [0.4, 0.5) is 0 Å². The first-order valence-electron chi connectivity index (χ1n) is 6.21. The van der Waals surface area contributed by atoms with Crippen LogP contribution in [0.5, 0.6) is 5.75 Å². The molecule has 0 amide bonds. The zero-order chi connectivity index (χ0) is 12.9. The molecule has 3 nitrogen and oxygen atoms in total. The van der Waals surface area contributed by atoms with Crippen LogP contribution in [0, 0.1) is 6.92 Å². The van der Waals surface area contributed by atoms with Gasteiger partial charge in [-0.1, -0.05) is 0 Å². The van der Waals surface area contributed by atoms with Crippen LogP contribution < -0.4 is 10.1 Å². The summed E-state index contributed by atoms with van der Waals surface area (Å²) < 4.78 is 5.78. The molecule has 0 aliphatic heterocycles. The number of aryl methyl sites for hydroxylation is 1. The summed E-state index contributed by atoms with van der Waals surface area (Å²) >= 11 is 0. The highest BCUT2D eigenvalue weighted by atomic mass is 16.5. The van der Waals surface area contributed by atoms with Crippen molar-refractivity contribution in [3.8, 4) is 5.75 Å². The predicted molar refractivity (Wildman–Crippen MR) is 71.4 cm³/mol. The van der Waals surface area contributed by atoms with Gasteiger partial charge in [-0.15, -0.1) is 0 Å². The summed E-state index contributed by atoms with van der Waals surface area (Å²) in [6, 6.07) is 3.94. The highest BCUT2D eigenvalue weighted by molar-refractivity contribution is 5.19. The maximum Gasteiger partial charge on any atom is 0.138 e. The zero-order valence-electron chi connectivity index (χ0n) is 11.6. The molecule has 0 aliphatic rings. The van der Waals surface area contributed by atoms with E-state index in [9.17, 15) is 0 Å². The molecule has 17 heavy (non-hydrogen) atoms. The van der Waals surface area contributed by atoms with Crippen molar-refractivity contribution in [1.82, 2.24) is 10.3 Å². The minimum Gasteiger partial charge on any atom is -0.489 e. The Balaban J connectivity index is 2.30. The molecule has 1 aromatic heterocycles. The average molecular weight is 236 g/mol. The van der Waals surface area contributed by atoms with Crippen molar-refractivity contribution in [3.05, 3.63) is 24.0 Å². The lowest BCUT2D eigenvalue weighted by molar-refractivity contribution is 0.204. The van der Waals surface area contributed by atoms with E-state index in [2.05, 4.69) is 38.0 Å². The van der Waals surface area contributed by atoms with E-state index in [0.717, 1.165) is 24.4 Å². The van der Waals surface area contributed by atoms with Crippen molar-refractivity contribution >= 4 is 0 Å². The van der Waals surface area contributed by atoms with E-state index in [1.807, 2.05) is 19.1 Å². The predicted octanol–water partition coefficient (Wildman–Crippen LogP) is 2.94. The fraction of sp³-hybridized carbons (Fsp3) is 0.643. The molecule has 3 heteroatoms. The van der Waals surface area contributed by atoms with E-state index in [1.54, 1.807) is 6.20 Å². The largest absolute Gasteiger partial charge is 0.489 e. The molecule has 0 aromatic carbocycles. The average Bonchev–Trinajstić information content (AvgIpc) is 2.19. The van der Waals surface area contributed by atoms with Crippen molar-refractivity contribution < 1.29 is 4.74 Å². The number of nitrogens with zero attached hydrogens (tertiary/aromatic N) is 1. The van der Waals surface area contributed by atoms with Crippen LogP contribution in [0.3, 0.4) is 0 Å². The molecular formula is C14H24N2O. The maximum absolute atomic E-state index is 5.78. The SMILES string of the molecule is Cc1ccc(OC(C)CCNC(C)(C)C)cn1. The van der Waals surface area contributed by atoms with Crippen molar-refractivity contribution in [1.29, 1.82) is 0 Å². The first-order chi connectivity index (χ1) is 7.87. The lowest BCUT2D eigenvalue weighted by atomic mass is 10.1. The Morgan fingerprint density at radius 2 is 2.06 bits per heavy atom. The van der Waals surface area contributed by atoms with Crippen LogP contribution in [0.15, 0.2) is 18.3 Å². The van der Waals surface area contributed by atoms with Gasteiger partial charge in [-0.2, -0.15) is 0 Å². The van der Waals surface area contributed by atoms with Gasteiger partial charge in [0.15, 0.2) is 0 Å². The van der Waals surface area contributed by atoms with Gasteiger partial charge in [-0.25, -0.2) is 0 Å². The Kier molecular flexibility index (Phi) is 4.94. The van der Waals surface area contributed by atoms with Gasteiger partial charge in [0, 0.05) is 11.2 Å². The summed E-state index contributed by atoms with van der Waals surface area (Å²) in [6.45, 7) is 11.5. The monoisotopic (exact) mass is 236 g/mol. The molecule has 1 aromatic rings. The van der Waals surface area contributed by atoms with E-state index in [-0.39, 0.29) is 11.6 Å². The Labute approximate surface area is 105 Å². The molecule has 0 saturated carbocycles. The highest BCUT2D eigenvalue weighted by Crippen LogP contribution is 2.12. The van der Waals surface area contributed by atoms with Gasteiger partial charge in [0.05, 0.1) is 12.3 Å². The van der Waals surface area contributed by atoms with Crippen LogP contribution in [0.2, 0.25) is 0 Å². The number of rotatable bonds is 5. The van der Waals surface area contributed by atoms with Crippen LogP contribution in [0.1, 0.15) is 39.8 Å². The summed E-state index contributed by atoms with van der Waals surface area (Å²) in [7, 11) is 0. The molecule has 0 bridgehead atoms. The third kappa shape index (κ3) is 6.27. The summed E-state index contributed by atoms with van der Waals surface area (Å²) in [6.07, 6.45) is 2.98. The molecular weight excluding hydrogens is 212 g/mol. The summed E-state index contributed by atoms with van der Waals surface area (Å²) in [4.78, 5) is 4.21. The summed E-state index contributed by atoms with van der Waals surface area (Å²) in [5.74, 6) is 0.846. The fourth-order valence-electron chi connectivity index (χ4n) is 1.47. The molecule has 1 N–H and O–H groups in total. The Morgan fingerprint density at radius 3 is 2.59 bits per heavy atom. The Morgan fingerprint density at radius 1 is 1.35 bits per heavy atom. The molecule has 1 unspecified atom stereocenters. The Bertz CT molecular complexity index is 327. The van der Waals surface area contributed by atoms with Crippen molar-refractivity contribution in [2.75, 3.05) is 6.54 Å². The molecule has 0 spiro atoms. The lowest BCUT2D eigenvalue weighted by Crippen LogP contribution is -2.37. The van der Waals surface area contributed by atoms with Crippen LogP contribution in [0.25, 0.3) is 0 Å². The van der Waals surface area contributed by atoms with Gasteiger partial charge in [0.25, 0.3) is 0 Å². The second-order valence-electron chi connectivity index (χ2n) is 5.53. The maximum atomic E-state index is 5.78. The van der Waals surface area contributed by atoms with Crippen LogP contribution in [-0.2, 0) is 0 Å². The number of pyridine rings is 1. The number of ether oxygens (including phenoxy) is 1. The first-order valence-corrected chi connectivity index (χ1v) is 6.21. The van der Waals surface area contributed by atoms with Gasteiger partial charge in [-0.3, -0.25) is 4.98 Å². The molecule has 0 fully saturated rings. The molecule has 96 valence electrons. The molecule has 0 saturated heterocycles. The second kappa shape index (κ2) is 6.01. The second-order valence-corrected chi connectivity index (χ2v) is 5.53. The number of hydrogen-bond donors (Lipinski definition) is 1. The van der Waals surface area contributed by atoms with Gasteiger partial charge in [0.1, 0.15) is 5.75 Å². The number of hydrogen-bond acceptors (Lipinski definition) is 3. The zero-order valence-corrected chi connectivity index (χ0v) is 11.6. The van der Waals surface area contributed by atoms with Crippen molar-refractivity contribution in [2.24, 2.45) is 0 Å². The van der Waals surface area contributed by atoms with Gasteiger partial charge < -0.3 is 10.1 Å². The highest BCUT2D eigenvalue weighted by Gasteiger charge is 2.10. The van der Waals surface area contributed by atoms with Gasteiger partial charge >= 0.3 is 0 Å². The van der Waals surface area contributed by atoms with Crippen molar-refractivity contribution in [2.45, 2.75) is 52.7 Å². The van der Waals surface area contributed by atoms with E-state index < -0.39 is 0 Å².